The second kappa shape index (κ2) is 3.39. The molecule has 1 heteroatoms. The molecule has 1 unspecified atom stereocenters. The predicted octanol–water partition coefficient (Wildman–Crippen LogP) is 3.19. The van der Waals surface area contributed by atoms with Crippen LogP contribution in [0.5, 0.6) is 0 Å². The molecule has 2 rings (SSSR count). The third-order valence-corrected chi connectivity index (χ3v) is 3.32. The summed E-state index contributed by atoms with van der Waals surface area (Å²) in [6, 6.07) is 8.83. The Balaban J connectivity index is 2.03. The number of nitrogens with two attached hydrogens (primary N) is 1. The van der Waals surface area contributed by atoms with Crippen LogP contribution < -0.4 is 5.73 Å². The van der Waals surface area contributed by atoms with Crippen LogP contribution in [0.1, 0.15) is 43.4 Å². The highest BCUT2D eigenvalue weighted by molar-refractivity contribution is 5.24. The van der Waals surface area contributed by atoms with Gasteiger partial charge in [-0.25, -0.2) is 0 Å². The van der Waals surface area contributed by atoms with E-state index in [4.69, 9.17) is 5.73 Å². The summed E-state index contributed by atoms with van der Waals surface area (Å²) in [7, 11) is 0. The number of rotatable bonds is 3. The van der Waals surface area contributed by atoms with E-state index >= 15 is 0 Å². The van der Waals surface area contributed by atoms with Crippen molar-refractivity contribution >= 4 is 0 Å². The molecule has 2 N–H and O–H groups in total. The van der Waals surface area contributed by atoms with Crippen molar-refractivity contribution in [2.45, 2.75) is 39.2 Å². The molecule has 1 atom stereocenters. The van der Waals surface area contributed by atoms with Gasteiger partial charge in [0, 0.05) is 6.04 Å². The van der Waals surface area contributed by atoms with E-state index in [-0.39, 0.29) is 6.04 Å². The molecule has 0 aromatic heterocycles. The van der Waals surface area contributed by atoms with Crippen LogP contribution in [0.25, 0.3) is 0 Å². The minimum absolute atomic E-state index is 0.225. The lowest BCUT2D eigenvalue weighted by atomic mass is 9.94. The van der Waals surface area contributed by atoms with Crippen molar-refractivity contribution in [1.29, 1.82) is 0 Å². The Labute approximate surface area is 86.3 Å². The third kappa shape index (κ3) is 2.16. The van der Waals surface area contributed by atoms with Gasteiger partial charge < -0.3 is 5.73 Å². The summed E-state index contributed by atoms with van der Waals surface area (Å²) in [6.45, 7) is 4.44. The zero-order valence-corrected chi connectivity index (χ0v) is 9.09. The van der Waals surface area contributed by atoms with Gasteiger partial charge in [0.1, 0.15) is 0 Å². The van der Waals surface area contributed by atoms with Gasteiger partial charge in [-0.3, -0.25) is 0 Å². The molecule has 1 nitrogen and oxygen atoms in total. The molecule has 1 aliphatic carbocycles. The van der Waals surface area contributed by atoms with Gasteiger partial charge in [0.05, 0.1) is 0 Å². The first-order valence-electron chi connectivity index (χ1n) is 5.41. The average Bonchev–Trinajstić information content (AvgIpc) is 2.84. The second-order valence-electron chi connectivity index (χ2n) is 5.03. The van der Waals surface area contributed by atoms with Gasteiger partial charge in [-0.15, -0.1) is 0 Å². The SMILES string of the molecule is Cc1ccc(C(N)CC2(C)CC2)cc1. The Hall–Kier alpha value is -0.820. The summed E-state index contributed by atoms with van der Waals surface area (Å²) in [5.74, 6) is 0. The molecule has 0 amide bonds. The molecule has 0 bridgehead atoms. The molecule has 0 heterocycles. The van der Waals surface area contributed by atoms with Crippen LogP contribution in [-0.4, -0.2) is 0 Å². The zero-order chi connectivity index (χ0) is 10.2. The maximum absolute atomic E-state index is 6.17. The lowest BCUT2D eigenvalue weighted by Crippen LogP contribution is -2.14. The van der Waals surface area contributed by atoms with E-state index in [1.54, 1.807) is 0 Å². The fourth-order valence-corrected chi connectivity index (χ4v) is 1.88. The van der Waals surface area contributed by atoms with Crippen molar-refractivity contribution in [3.63, 3.8) is 0 Å². The van der Waals surface area contributed by atoms with Crippen LogP contribution in [0.4, 0.5) is 0 Å². The molecule has 0 radical (unpaired) electrons. The molecular formula is C13H19N. The van der Waals surface area contributed by atoms with E-state index in [1.807, 2.05) is 0 Å². The van der Waals surface area contributed by atoms with Gasteiger partial charge in [0.15, 0.2) is 0 Å². The summed E-state index contributed by atoms with van der Waals surface area (Å²) < 4.78 is 0. The van der Waals surface area contributed by atoms with Crippen molar-refractivity contribution in [1.82, 2.24) is 0 Å². The molecule has 76 valence electrons. The number of hydrogen-bond donors (Lipinski definition) is 1. The highest BCUT2D eigenvalue weighted by Gasteiger charge is 2.38. The first-order valence-corrected chi connectivity index (χ1v) is 5.41. The minimum Gasteiger partial charge on any atom is -0.324 e. The quantitative estimate of drug-likeness (QED) is 0.776. The summed E-state index contributed by atoms with van der Waals surface area (Å²) in [5, 5.41) is 0. The standard InChI is InChI=1S/C13H19N/c1-10-3-5-11(6-4-10)12(14)9-13(2)7-8-13/h3-6,12H,7-9,14H2,1-2H3. The normalized spacial score (nSPS) is 20.5. The summed E-state index contributed by atoms with van der Waals surface area (Å²) in [5.41, 5.74) is 9.30. The highest BCUT2D eigenvalue weighted by Crippen LogP contribution is 2.50. The van der Waals surface area contributed by atoms with Gasteiger partial charge in [-0.1, -0.05) is 36.8 Å². The molecule has 1 aromatic rings. The van der Waals surface area contributed by atoms with Gasteiger partial charge in [0.2, 0.25) is 0 Å². The van der Waals surface area contributed by atoms with E-state index in [2.05, 4.69) is 38.1 Å². The highest BCUT2D eigenvalue weighted by atomic mass is 14.7. The largest absolute Gasteiger partial charge is 0.324 e. The molecule has 0 spiro atoms. The average molecular weight is 189 g/mol. The summed E-state index contributed by atoms with van der Waals surface area (Å²) >= 11 is 0. The van der Waals surface area contributed by atoms with Gasteiger partial charge in [-0.2, -0.15) is 0 Å². The molecule has 0 aliphatic heterocycles. The van der Waals surface area contributed by atoms with E-state index in [9.17, 15) is 0 Å². The van der Waals surface area contributed by atoms with Crippen molar-refractivity contribution in [2.24, 2.45) is 11.1 Å². The Morgan fingerprint density at radius 2 is 1.86 bits per heavy atom. The Morgan fingerprint density at radius 3 is 2.36 bits per heavy atom. The minimum atomic E-state index is 0.225. The fourth-order valence-electron chi connectivity index (χ4n) is 1.88. The lowest BCUT2D eigenvalue weighted by molar-refractivity contribution is 0.457. The molecular weight excluding hydrogens is 170 g/mol. The van der Waals surface area contributed by atoms with Crippen LogP contribution in [0.15, 0.2) is 24.3 Å². The molecule has 1 fully saturated rings. The van der Waals surface area contributed by atoms with E-state index in [0.717, 1.165) is 6.42 Å². The number of hydrogen-bond acceptors (Lipinski definition) is 1. The van der Waals surface area contributed by atoms with E-state index < -0.39 is 0 Å². The third-order valence-electron chi connectivity index (χ3n) is 3.32. The molecule has 14 heavy (non-hydrogen) atoms. The smallest absolute Gasteiger partial charge is 0.0300 e. The second-order valence-corrected chi connectivity index (χ2v) is 5.03. The van der Waals surface area contributed by atoms with Crippen molar-refractivity contribution in [3.05, 3.63) is 35.4 Å². The fraction of sp³-hybridized carbons (Fsp3) is 0.538. The first kappa shape index (κ1) is 9.72. The number of benzene rings is 1. The van der Waals surface area contributed by atoms with Crippen molar-refractivity contribution in [2.75, 3.05) is 0 Å². The molecule has 1 saturated carbocycles. The number of aryl methyl sites for hydroxylation is 1. The van der Waals surface area contributed by atoms with E-state index in [1.165, 1.54) is 24.0 Å². The zero-order valence-electron chi connectivity index (χ0n) is 9.09. The van der Waals surface area contributed by atoms with E-state index in [0.29, 0.717) is 5.41 Å². The topological polar surface area (TPSA) is 26.0 Å². The Kier molecular flexibility index (Phi) is 2.36. The van der Waals surface area contributed by atoms with Gasteiger partial charge in [0.25, 0.3) is 0 Å². The van der Waals surface area contributed by atoms with Gasteiger partial charge in [-0.05, 0) is 37.2 Å². The maximum Gasteiger partial charge on any atom is 0.0300 e. The Morgan fingerprint density at radius 1 is 1.29 bits per heavy atom. The van der Waals surface area contributed by atoms with Crippen LogP contribution >= 0.6 is 0 Å². The van der Waals surface area contributed by atoms with Crippen LogP contribution in [0.3, 0.4) is 0 Å². The van der Waals surface area contributed by atoms with Crippen molar-refractivity contribution < 1.29 is 0 Å². The van der Waals surface area contributed by atoms with Crippen LogP contribution in [-0.2, 0) is 0 Å². The lowest BCUT2D eigenvalue weighted by Gasteiger charge is -2.16. The van der Waals surface area contributed by atoms with Crippen molar-refractivity contribution in [3.8, 4) is 0 Å². The van der Waals surface area contributed by atoms with Crippen LogP contribution in [0.2, 0.25) is 0 Å². The predicted molar refractivity (Wildman–Crippen MR) is 60.1 cm³/mol. The summed E-state index contributed by atoms with van der Waals surface area (Å²) in [6.07, 6.45) is 3.84. The maximum atomic E-state index is 6.17. The molecule has 1 aliphatic rings. The Bertz CT molecular complexity index is 309. The van der Waals surface area contributed by atoms with Gasteiger partial charge >= 0.3 is 0 Å². The summed E-state index contributed by atoms with van der Waals surface area (Å²) in [4.78, 5) is 0. The molecule has 1 aromatic carbocycles. The van der Waals surface area contributed by atoms with Crippen LogP contribution in [0, 0.1) is 12.3 Å². The molecule has 0 saturated heterocycles. The monoisotopic (exact) mass is 189 g/mol. The first-order chi connectivity index (χ1) is 6.59.